The molecule has 0 heterocycles. The molecule has 0 rings (SSSR count). The van der Waals surface area contributed by atoms with Crippen molar-refractivity contribution in [1.29, 1.82) is 0 Å². The number of rotatable bonds is 7. The topological polar surface area (TPSA) is 17.1 Å². The van der Waals surface area contributed by atoms with Crippen LogP contribution >= 0.6 is 0 Å². The van der Waals surface area contributed by atoms with E-state index in [9.17, 15) is 4.79 Å². The molecule has 0 amide bonds. The van der Waals surface area contributed by atoms with Crippen molar-refractivity contribution in [1.82, 2.24) is 0 Å². The molecule has 1 nitrogen and oxygen atoms in total. The minimum Gasteiger partial charge on any atom is -0.303 e. The lowest BCUT2D eigenvalue weighted by Gasteiger charge is -1.98. The van der Waals surface area contributed by atoms with Crippen LogP contribution in [0.15, 0.2) is 34.9 Å². The summed E-state index contributed by atoms with van der Waals surface area (Å²) >= 11 is 0. The SMILES string of the molecule is CC(C)=CCCC(C)=CCC=C(C)CC=O. The van der Waals surface area contributed by atoms with Gasteiger partial charge in [-0.15, -0.1) is 0 Å². The fourth-order valence-corrected chi connectivity index (χ4v) is 1.37. The first-order valence-corrected chi connectivity index (χ1v) is 5.94. The fraction of sp³-hybridized carbons (Fsp3) is 0.533. The van der Waals surface area contributed by atoms with E-state index in [0.29, 0.717) is 6.42 Å². The molecule has 0 saturated carbocycles. The predicted octanol–water partition coefficient (Wildman–Crippen LogP) is 4.60. The third-order valence-electron chi connectivity index (χ3n) is 2.43. The molecule has 0 saturated heterocycles. The van der Waals surface area contributed by atoms with Gasteiger partial charge in [0.1, 0.15) is 6.29 Å². The van der Waals surface area contributed by atoms with Gasteiger partial charge in [0, 0.05) is 6.42 Å². The standard InChI is InChI=1S/C15H24O/c1-13(2)7-5-8-14(3)9-6-10-15(4)11-12-16/h7,9-10,12H,5-6,8,11H2,1-4H3. The zero-order valence-corrected chi connectivity index (χ0v) is 11.0. The van der Waals surface area contributed by atoms with Gasteiger partial charge in [0.2, 0.25) is 0 Å². The van der Waals surface area contributed by atoms with Crippen LogP contribution in [0.3, 0.4) is 0 Å². The van der Waals surface area contributed by atoms with Crippen molar-refractivity contribution in [3.63, 3.8) is 0 Å². The van der Waals surface area contributed by atoms with E-state index < -0.39 is 0 Å². The third-order valence-corrected chi connectivity index (χ3v) is 2.43. The number of hydrogen-bond acceptors (Lipinski definition) is 1. The van der Waals surface area contributed by atoms with Crippen molar-refractivity contribution < 1.29 is 4.79 Å². The van der Waals surface area contributed by atoms with Crippen molar-refractivity contribution in [3.05, 3.63) is 34.9 Å². The first-order valence-electron chi connectivity index (χ1n) is 5.94. The summed E-state index contributed by atoms with van der Waals surface area (Å²) in [5, 5.41) is 0. The molecule has 0 fully saturated rings. The average molecular weight is 220 g/mol. The van der Waals surface area contributed by atoms with Crippen molar-refractivity contribution in [3.8, 4) is 0 Å². The van der Waals surface area contributed by atoms with Crippen LogP contribution in [0.25, 0.3) is 0 Å². The Morgan fingerprint density at radius 2 is 1.56 bits per heavy atom. The summed E-state index contributed by atoms with van der Waals surface area (Å²) in [5.74, 6) is 0. The Hall–Kier alpha value is -1.11. The molecule has 0 aliphatic rings. The molecule has 1 heteroatoms. The maximum Gasteiger partial charge on any atom is 0.124 e. The Morgan fingerprint density at radius 3 is 2.12 bits per heavy atom. The minimum absolute atomic E-state index is 0.560. The highest BCUT2D eigenvalue weighted by molar-refractivity contribution is 5.53. The number of hydrogen-bond donors (Lipinski definition) is 0. The molecule has 0 aromatic carbocycles. The second kappa shape index (κ2) is 9.14. The monoisotopic (exact) mass is 220 g/mol. The summed E-state index contributed by atoms with van der Waals surface area (Å²) in [5.41, 5.74) is 3.96. The highest BCUT2D eigenvalue weighted by atomic mass is 16.1. The second-order valence-corrected chi connectivity index (χ2v) is 4.53. The molecule has 0 aromatic rings. The Bertz CT molecular complexity index is 289. The van der Waals surface area contributed by atoms with Crippen LogP contribution in [0.1, 0.15) is 53.4 Å². The highest BCUT2D eigenvalue weighted by Crippen LogP contribution is 2.09. The first kappa shape index (κ1) is 14.9. The number of carbonyl (C=O) groups excluding carboxylic acids is 1. The summed E-state index contributed by atoms with van der Waals surface area (Å²) < 4.78 is 0. The highest BCUT2D eigenvalue weighted by Gasteiger charge is 1.89. The van der Waals surface area contributed by atoms with Crippen molar-refractivity contribution in [2.45, 2.75) is 53.4 Å². The Labute approximate surface area is 99.9 Å². The predicted molar refractivity (Wildman–Crippen MR) is 71.5 cm³/mol. The van der Waals surface area contributed by atoms with Gasteiger partial charge in [0.25, 0.3) is 0 Å². The van der Waals surface area contributed by atoms with Crippen LogP contribution in [-0.2, 0) is 4.79 Å². The smallest absolute Gasteiger partial charge is 0.124 e. The largest absolute Gasteiger partial charge is 0.303 e. The van der Waals surface area contributed by atoms with E-state index >= 15 is 0 Å². The van der Waals surface area contributed by atoms with Crippen LogP contribution in [0.5, 0.6) is 0 Å². The summed E-state index contributed by atoms with van der Waals surface area (Å²) in [6, 6.07) is 0. The zero-order valence-electron chi connectivity index (χ0n) is 11.0. The quantitative estimate of drug-likeness (QED) is 0.452. The van der Waals surface area contributed by atoms with Crippen LogP contribution in [0.2, 0.25) is 0 Å². The van der Waals surface area contributed by atoms with E-state index in [1.165, 1.54) is 11.1 Å². The zero-order chi connectivity index (χ0) is 12.4. The number of allylic oxidation sites excluding steroid dienone is 6. The van der Waals surface area contributed by atoms with Gasteiger partial charge in [0.15, 0.2) is 0 Å². The molecule has 0 aliphatic heterocycles. The van der Waals surface area contributed by atoms with Gasteiger partial charge in [-0.05, 0) is 47.0 Å². The normalized spacial score (nSPS) is 12.5. The Morgan fingerprint density at radius 1 is 0.938 bits per heavy atom. The molecule has 90 valence electrons. The molecule has 16 heavy (non-hydrogen) atoms. The molecule has 0 N–H and O–H groups in total. The van der Waals surface area contributed by atoms with Gasteiger partial charge in [-0.2, -0.15) is 0 Å². The van der Waals surface area contributed by atoms with Crippen LogP contribution in [0, 0.1) is 0 Å². The van der Waals surface area contributed by atoms with E-state index in [2.05, 4.69) is 39.0 Å². The number of aldehydes is 1. The molecule has 0 aliphatic carbocycles. The molecular weight excluding hydrogens is 196 g/mol. The summed E-state index contributed by atoms with van der Waals surface area (Å²) in [6.45, 7) is 8.43. The van der Waals surface area contributed by atoms with Crippen molar-refractivity contribution in [2.24, 2.45) is 0 Å². The first-order chi connectivity index (χ1) is 7.56. The minimum atomic E-state index is 0.560. The fourth-order valence-electron chi connectivity index (χ4n) is 1.37. The van der Waals surface area contributed by atoms with Gasteiger partial charge in [-0.1, -0.05) is 34.9 Å². The van der Waals surface area contributed by atoms with E-state index in [4.69, 9.17) is 0 Å². The van der Waals surface area contributed by atoms with E-state index in [1.54, 1.807) is 0 Å². The van der Waals surface area contributed by atoms with E-state index in [1.807, 2.05) is 6.92 Å². The summed E-state index contributed by atoms with van der Waals surface area (Å²) in [7, 11) is 0. The van der Waals surface area contributed by atoms with Gasteiger partial charge in [-0.3, -0.25) is 0 Å². The Balaban J connectivity index is 3.91. The maximum absolute atomic E-state index is 10.3. The van der Waals surface area contributed by atoms with Crippen LogP contribution < -0.4 is 0 Å². The van der Waals surface area contributed by atoms with Crippen LogP contribution in [0.4, 0.5) is 0 Å². The maximum atomic E-state index is 10.3. The van der Waals surface area contributed by atoms with E-state index in [0.717, 1.165) is 31.1 Å². The molecule has 0 atom stereocenters. The molecule has 0 aromatic heterocycles. The molecule has 0 unspecified atom stereocenters. The third kappa shape index (κ3) is 9.45. The summed E-state index contributed by atoms with van der Waals surface area (Å²) in [6.07, 6.45) is 11.4. The lowest BCUT2D eigenvalue weighted by Crippen LogP contribution is -1.79. The van der Waals surface area contributed by atoms with Gasteiger partial charge < -0.3 is 4.79 Å². The molecule has 0 radical (unpaired) electrons. The second-order valence-electron chi connectivity index (χ2n) is 4.53. The van der Waals surface area contributed by atoms with Crippen LogP contribution in [-0.4, -0.2) is 6.29 Å². The van der Waals surface area contributed by atoms with Crippen molar-refractivity contribution >= 4 is 6.29 Å². The molecular formula is C15H24O. The summed E-state index contributed by atoms with van der Waals surface area (Å²) in [4.78, 5) is 10.3. The lowest BCUT2D eigenvalue weighted by atomic mass is 10.1. The Kier molecular flexibility index (Phi) is 8.51. The van der Waals surface area contributed by atoms with E-state index in [-0.39, 0.29) is 0 Å². The molecule has 0 spiro atoms. The average Bonchev–Trinajstić information content (AvgIpc) is 2.17. The van der Waals surface area contributed by atoms with Gasteiger partial charge in [0.05, 0.1) is 0 Å². The van der Waals surface area contributed by atoms with Gasteiger partial charge >= 0.3 is 0 Å². The number of carbonyl (C=O) groups is 1. The molecule has 0 bridgehead atoms. The lowest BCUT2D eigenvalue weighted by molar-refractivity contribution is -0.107. The van der Waals surface area contributed by atoms with Crippen molar-refractivity contribution in [2.75, 3.05) is 0 Å². The van der Waals surface area contributed by atoms with Gasteiger partial charge in [-0.25, -0.2) is 0 Å².